The molecule has 4 rings (SSSR count). The van der Waals surface area contributed by atoms with E-state index in [1.54, 1.807) is 4.90 Å². The molecule has 1 spiro atoms. The highest BCUT2D eigenvalue weighted by atomic mass is 32.1. The van der Waals surface area contributed by atoms with Gasteiger partial charge in [-0.15, -0.1) is 0 Å². The summed E-state index contributed by atoms with van der Waals surface area (Å²) in [5.41, 5.74) is 0.758. The molecule has 4 heterocycles. The Kier molecular flexibility index (Phi) is 3.63. The standard InChI is InChI=1S/C17H21N3O3S/c1-2-19-15(22)13-9-17(11-20(13)16(19)23)4-6-18(7-5-17)14(21)12-3-8-24-10-12/h3,8,10,13H,2,4-7,9,11H2,1H3. The predicted molar refractivity (Wildman–Crippen MR) is 89.8 cm³/mol. The molecule has 24 heavy (non-hydrogen) atoms. The van der Waals surface area contributed by atoms with E-state index in [4.69, 9.17) is 0 Å². The molecule has 7 heteroatoms. The van der Waals surface area contributed by atoms with Crippen molar-refractivity contribution in [2.75, 3.05) is 26.2 Å². The molecule has 1 aromatic rings. The van der Waals surface area contributed by atoms with Gasteiger partial charge in [-0.2, -0.15) is 11.3 Å². The van der Waals surface area contributed by atoms with E-state index in [-0.39, 0.29) is 29.3 Å². The maximum Gasteiger partial charge on any atom is 0.327 e. The highest BCUT2D eigenvalue weighted by Gasteiger charge is 2.56. The molecular weight excluding hydrogens is 326 g/mol. The number of likely N-dealkylation sites (tertiary alicyclic amines) is 1. The second-order valence-electron chi connectivity index (χ2n) is 7.02. The van der Waals surface area contributed by atoms with E-state index >= 15 is 0 Å². The van der Waals surface area contributed by atoms with Crippen LogP contribution >= 0.6 is 11.3 Å². The van der Waals surface area contributed by atoms with E-state index in [1.165, 1.54) is 16.2 Å². The number of rotatable bonds is 2. The highest BCUT2D eigenvalue weighted by Crippen LogP contribution is 2.46. The van der Waals surface area contributed by atoms with Crippen LogP contribution in [0.5, 0.6) is 0 Å². The van der Waals surface area contributed by atoms with Gasteiger partial charge in [0.05, 0.1) is 5.56 Å². The number of fused-ring (bicyclic) bond motifs is 1. The monoisotopic (exact) mass is 347 g/mol. The number of likely N-dealkylation sites (N-methyl/N-ethyl adjacent to an activating group) is 1. The summed E-state index contributed by atoms with van der Waals surface area (Å²) in [4.78, 5) is 42.2. The van der Waals surface area contributed by atoms with Gasteiger partial charge in [0.1, 0.15) is 6.04 Å². The number of carbonyl (C=O) groups excluding carboxylic acids is 3. The fourth-order valence-electron chi connectivity index (χ4n) is 4.31. The molecule has 3 aliphatic rings. The van der Waals surface area contributed by atoms with Gasteiger partial charge in [-0.1, -0.05) is 0 Å². The van der Waals surface area contributed by atoms with E-state index in [0.717, 1.165) is 24.8 Å². The van der Waals surface area contributed by atoms with Crippen LogP contribution in [-0.2, 0) is 4.79 Å². The molecule has 0 aromatic carbocycles. The van der Waals surface area contributed by atoms with Crippen LogP contribution in [0.4, 0.5) is 4.79 Å². The quantitative estimate of drug-likeness (QED) is 0.769. The predicted octanol–water partition coefficient (Wildman–Crippen LogP) is 2.03. The largest absolute Gasteiger partial charge is 0.339 e. The van der Waals surface area contributed by atoms with Gasteiger partial charge < -0.3 is 9.80 Å². The first-order chi connectivity index (χ1) is 11.5. The average molecular weight is 347 g/mol. The number of urea groups is 1. The molecular formula is C17H21N3O3S. The van der Waals surface area contributed by atoms with Crippen molar-refractivity contribution < 1.29 is 14.4 Å². The van der Waals surface area contributed by atoms with Crippen molar-refractivity contribution in [2.45, 2.75) is 32.2 Å². The van der Waals surface area contributed by atoms with E-state index in [0.29, 0.717) is 26.2 Å². The molecule has 3 saturated heterocycles. The summed E-state index contributed by atoms with van der Waals surface area (Å²) in [5, 5.41) is 3.80. The van der Waals surface area contributed by atoms with Crippen molar-refractivity contribution in [2.24, 2.45) is 5.41 Å². The maximum atomic E-state index is 12.5. The summed E-state index contributed by atoms with van der Waals surface area (Å²) in [6, 6.07) is 1.44. The van der Waals surface area contributed by atoms with E-state index in [9.17, 15) is 14.4 Å². The molecule has 0 aliphatic carbocycles. The number of amides is 4. The Morgan fingerprint density at radius 1 is 1.33 bits per heavy atom. The van der Waals surface area contributed by atoms with E-state index in [1.807, 2.05) is 28.7 Å². The summed E-state index contributed by atoms with van der Waals surface area (Å²) in [6.07, 6.45) is 2.47. The molecule has 4 amide bonds. The second-order valence-corrected chi connectivity index (χ2v) is 7.80. The average Bonchev–Trinajstić information content (AvgIpc) is 3.27. The minimum atomic E-state index is -0.281. The number of carbonyl (C=O) groups is 3. The molecule has 1 unspecified atom stereocenters. The number of hydrogen-bond acceptors (Lipinski definition) is 4. The number of piperidine rings is 1. The van der Waals surface area contributed by atoms with Gasteiger partial charge in [0.25, 0.3) is 11.8 Å². The lowest BCUT2D eigenvalue weighted by Crippen LogP contribution is -2.45. The second kappa shape index (κ2) is 5.58. The minimum Gasteiger partial charge on any atom is -0.339 e. The first kappa shape index (κ1) is 15.6. The number of hydrogen-bond donors (Lipinski definition) is 0. The number of nitrogens with zero attached hydrogens (tertiary/aromatic N) is 3. The fraction of sp³-hybridized carbons (Fsp3) is 0.588. The zero-order valence-corrected chi connectivity index (χ0v) is 14.6. The third kappa shape index (κ3) is 2.25. The SMILES string of the molecule is CCN1C(=O)C2CC3(CCN(C(=O)c4ccsc4)CC3)CN2C1=O. The summed E-state index contributed by atoms with van der Waals surface area (Å²) in [5.74, 6) is 0.0464. The number of thiophene rings is 1. The van der Waals surface area contributed by atoms with Gasteiger partial charge in [-0.05, 0) is 43.0 Å². The van der Waals surface area contributed by atoms with Crippen LogP contribution in [-0.4, -0.2) is 64.8 Å². The number of imide groups is 1. The van der Waals surface area contributed by atoms with E-state index < -0.39 is 0 Å². The fourth-order valence-corrected chi connectivity index (χ4v) is 4.94. The third-order valence-electron chi connectivity index (χ3n) is 5.73. The van der Waals surface area contributed by atoms with Crippen LogP contribution < -0.4 is 0 Å². The molecule has 0 N–H and O–H groups in total. The van der Waals surface area contributed by atoms with Crippen molar-refractivity contribution in [3.05, 3.63) is 22.4 Å². The smallest absolute Gasteiger partial charge is 0.327 e. The normalized spacial score (nSPS) is 25.7. The molecule has 0 bridgehead atoms. The van der Waals surface area contributed by atoms with Gasteiger partial charge >= 0.3 is 6.03 Å². The van der Waals surface area contributed by atoms with Crippen molar-refractivity contribution in [3.63, 3.8) is 0 Å². The van der Waals surface area contributed by atoms with Crippen molar-refractivity contribution in [3.8, 4) is 0 Å². The first-order valence-corrected chi connectivity index (χ1v) is 9.42. The third-order valence-corrected chi connectivity index (χ3v) is 6.41. The Balaban J connectivity index is 1.43. The Labute approximate surface area is 145 Å². The van der Waals surface area contributed by atoms with Crippen LogP contribution in [0.15, 0.2) is 16.8 Å². The lowest BCUT2D eigenvalue weighted by molar-refractivity contribution is -0.128. The zero-order valence-electron chi connectivity index (χ0n) is 13.7. The first-order valence-electron chi connectivity index (χ1n) is 8.48. The van der Waals surface area contributed by atoms with Gasteiger partial charge in [0.2, 0.25) is 0 Å². The Bertz CT molecular complexity index is 653. The molecule has 6 nitrogen and oxygen atoms in total. The Morgan fingerprint density at radius 3 is 2.67 bits per heavy atom. The maximum absolute atomic E-state index is 12.5. The topological polar surface area (TPSA) is 60.9 Å². The minimum absolute atomic E-state index is 0.00123. The van der Waals surface area contributed by atoms with E-state index in [2.05, 4.69) is 0 Å². The van der Waals surface area contributed by atoms with Crippen LogP contribution in [0.1, 0.15) is 36.5 Å². The molecule has 128 valence electrons. The van der Waals surface area contributed by atoms with Crippen LogP contribution in [0, 0.1) is 5.41 Å². The van der Waals surface area contributed by atoms with Crippen molar-refractivity contribution in [1.29, 1.82) is 0 Å². The van der Waals surface area contributed by atoms with Crippen molar-refractivity contribution >= 4 is 29.2 Å². The lowest BCUT2D eigenvalue weighted by Gasteiger charge is -2.39. The summed E-state index contributed by atoms with van der Waals surface area (Å²) >= 11 is 1.53. The molecule has 1 atom stereocenters. The van der Waals surface area contributed by atoms with Crippen LogP contribution in [0.3, 0.4) is 0 Å². The molecule has 3 fully saturated rings. The summed E-state index contributed by atoms with van der Waals surface area (Å²) in [6.45, 7) is 4.34. The lowest BCUT2D eigenvalue weighted by atomic mass is 9.76. The van der Waals surface area contributed by atoms with Crippen LogP contribution in [0.2, 0.25) is 0 Å². The van der Waals surface area contributed by atoms with Gasteiger partial charge in [-0.25, -0.2) is 4.79 Å². The van der Waals surface area contributed by atoms with Gasteiger partial charge in [0, 0.05) is 31.6 Å². The van der Waals surface area contributed by atoms with Crippen molar-refractivity contribution in [1.82, 2.24) is 14.7 Å². The highest BCUT2D eigenvalue weighted by molar-refractivity contribution is 7.08. The Morgan fingerprint density at radius 2 is 2.08 bits per heavy atom. The molecule has 0 radical (unpaired) electrons. The molecule has 0 saturated carbocycles. The summed E-state index contributed by atoms with van der Waals surface area (Å²) < 4.78 is 0. The Hall–Kier alpha value is -1.89. The van der Waals surface area contributed by atoms with Crippen LogP contribution in [0.25, 0.3) is 0 Å². The summed E-state index contributed by atoms with van der Waals surface area (Å²) in [7, 11) is 0. The van der Waals surface area contributed by atoms with Gasteiger partial charge in [-0.3, -0.25) is 14.5 Å². The zero-order chi connectivity index (χ0) is 16.9. The molecule has 3 aliphatic heterocycles. The molecule has 1 aromatic heterocycles. The van der Waals surface area contributed by atoms with Gasteiger partial charge in [0.15, 0.2) is 0 Å².